The van der Waals surface area contributed by atoms with Crippen molar-refractivity contribution in [3.8, 4) is 5.69 Å². The minimum Gasteiger partial charge on any atom is -0.338 e. The van der Waals surface area contributed by atoms with Crippen LogP contribution in [0.15, 0.2) is 30.5 Å². The average Bonchev–Trinajstić information content (AvgIpc) is 2.96. The lowest BCUT2D eigenvalue weighted by Crippen LogP contribution is -2.45. The monoisotopic (exact) mass is 346 g/mol. The summed E-state index contributed by atoms with van der Waals surface area (Å²) in [6.07, 6.45) is 3.89. The van der Waals surface area contributed by atoms with Gasteiger partial charge in [0.05, 0.1) is 16.9 Å². The fourth-order valence-corrected chi connectivity index (χ4v) is 3.32. The Morgan fingerprint density at radius 3 is 2.75 bits per heavy atom. The Hall–Kier alpha value is -1.85. The van der Waals surface area contributed by atoms with E-state index >= 15 is 0 Å². The number of aryl methyl sites for hydroxylation is 1. The van der Waals surface area contributed by atoms with Crippen molar-refractivity contribution in [1.29, 1.82) is 0 Å². The van der Waals surface area contributed by atoms with Gasteiger partial charge >= 0.3 is 0 Å². The maximum Gasteiger partial charge on any atom is 0.257 e. The summed E-state index contributed by atoms with van der Waals surface area (Å²) < 4.78 is 1.73. The van der Waals surface area contributed by atoms with Crippen LogP contribution in [0, 0.1) is 12.8 Å². The average molecular weight is 347 g/mol. The Labute approximate surface area is 147 Å². The van der Waals surface area contributed by atoms with E-state index in [1.165, 1.54) is 0 Å². The van der Waals surface area contributed by atoms with Crippen molar-refractivity contribution in [2.24, 2.45) is 11.7 Å². The summed E-state index contributed by atoms with van der Waals surface area (Å²) in [4.78, 5) is 14.8. The van der Waals surface area contributed by atoms with Crippen molar-refractivity contribution in [2.45, 2.75) is 32.7 Å². The first-order chi connectivity index (χ1) is 11.5. The molecule has 2 aromatic rings. The summed E-state index contributed by atoms with van der Waals surface area (Å²) in [5.74, 6) is 0.410. The third-order valence-corrected chi connectivity index (χ3v) is 4.96. The second-order valence-electron chi connectivity index (χ2n) is 6.56. The molecule has 0 saturated carbocycles. The lowest BCUT2D eigenvalue weighted by molar-refractivity contribution is 0.0660. The van der Waals surface area contributed by atoms with Crippen LogP contribution in [-0.4, -0.2) is 39.7 Å². The third-order valence-electron chi connectivity index (χ3n) is 4.71. The smallest absolute Gasteiger partial charge is 0.257 e. The largest absolute Gasteiger partial charge is 0.338 e. The number of nitrogens with zero attached hydrogens (tertiary/aromatic N) is 3. The van der Waals surface area contributed by atoms with E-state index in [4.69, 9.17) is 17.3 Å². The Balaban J connectivity index is 1.81. The van der Waals surface area contributed by atoms with E-state index in [1.54, 1.807) is 10.9 Å². The molecule has 1 fully saturated rings. The molecule has 1 saturated heterocycles. The van der Waals surface area contributed by atoms with Crippen LogP contribution in [0.3, 0.4) is 0 Å². The third kappa shape index (κ3) is 3.47. The molecule has 0 aliphatic carbocycles. The fourth-order valence-electron chi connectivity index (χ4n) is 3.19. The molecular formula is C18H23ClN4O. The van der Waals surface area contributed by atoms with Crippen LogP contribution in [0.4, 0.5) is 0 Å². The lowest BCUT2D eigenvalue weighted by Gasteiger charge is -2.34. The summed E-state index contributed by atoms with van der Waals surface area (Å²) in [7, 11) is 0. The normalized spacial score (nSPS) is 19.3. The van der Waals surface area contributed by atoms with Gasteiger partial charge in [0.2, 0.25) is 0 Å². The molecule has 1 aromatic carbocycles. The van der Waals surface area contributed by atoms with E-state index < -0.39 is 0 Å². The first kappa shape index (κ1) is 17.0. The molecule has 3 rings (SSSR count). The number of benzene rings is 1. The Morgan fingerprint density at radius 1 is 1.38 bits per heavy atom. The summed E-state index contributed by atoms with van der Waals surface area (Å²) in [5, 5.41) is 5.16. The topological polar surface area (TPSA) is 64.2 Å². The van der Waals surface area contributed by atoms with Crippen molar-refractivity contribution < 1.29 is 4.79 Å². The van der Waals surface area contributed by atoms with E-state index in [0.717, 1.165) is 37.3 Å². The number of hydrogen-bond acceptors (Lipinski definition) is 3. The quantitative estimate of drug-likeness (QED) is 0.929. The van der Waals surface area contributed by atoms with Crippen molar-refractivity contribution in [3.05, 3.63) is 46.7 Å². The van der Waals surface area contributed by atoms with Gasteiger partial charge in [0, 0.05) is 30.4 Å². The first-order valence-corrected chi connectivity index (χ1v) is 8.70. The van der Waals surface area contributed by atoms with E-state index in [2.05, 4.69) is 5.10 Å². The van der Waals surface area contributed by atoms with Crippen LogP contribution in [0.25, 0.3) is 5.69 Å². The second kappa shape index (κ2) is 6.95. The standard InChI is InChI=1S/C18H23ClN4O/c1-12(20)14-4-3-9-22(10-14)18(24)17-11-23(21-13(17)2)16-7-5-15(19)6-8-16/h5-8,11-12,14H,3-4,9-10,20H2,1-2H3/t12-,14+/m1/s1. The summed E-state index contributed by atoms with van der Waals surface area (Å²) in [6.45, 7) is 5.39. The van der Waals surface area contributed by atoms with Crippen molar-refractivity contribution in [2.75, 3.05) is 13.1 Å². The van der Waals surface area contributed by atoms with Crippen LogP contribution in [0.2, 0.25) is 5.02 Å². The predicted molar refractivity (Wildman–Crippen MR) is 95.6 cm³/mol. The first-order valence-electron chi connectivity index (χ1n) is 8.33. The van der Waals surface area contributed by atoms with Crippen molar-refractivity contribution in [3.63, 3.8) is 0 Å². The predicted octanol–water partition coefficient (Wildman–Crippen LogP) is 3.03. The molecule has 0 bridgehead atoms. The van der Waals surface area contributed by atoms with Gasteiger partial charge in [-0.1, -0.05) is 11.6 Å². The Kier molecular flexibility index (Phi) is 4.92. The minimum atomic E-state index is 0.0399. The number of halogens is 1. The zero-order valence-electron chi connectivity index (χ0n) is 14.1. The number of piperidine rings is 1. The zero-order chi connectivity index (χ0) is 17.3. The molecule has 1 aliphatic rings. The number of aromatic nitrogens is 2. The van der Waals surface area contributed by atoms with Crippen LogP contribution in [-0.2, 0) is 0 Å². The number of amides is 1. The molecule has 0 radical (unpaired) electrons. The number of carbonyl (C=O) groups excluding carboxylic acids is 1. The molecule has 128 valence electrons. The highest BCUT2D eigenvalue weighted by molar-refractivity contribution is 6.30. The van der Waals surface area contributed by atoms with Gasteiger partial charge in [-0.3, -0.25) is 4.79 Å². The molecule has 0 unspecified atom stereocenters. The molecular weight excluding hydrogens is 324 g/mol. The van der Waals surface area contributed by atoms with Gasteiger partial charge < -0.3 is 10.6 Å². The number of carbonyl (C=O) groups is 1. The van der Waals surface area contributed by atoms with Gasteiger partial charge in [-0.05, 0) is 56.9 Å². The molecule has 5 nitrogen and oxygen atoms in total. The number of likely N-dealkylation sites (tertiary alicyclic amines) is 1. The van der Waals surface area contributed by atoms with Crippen LogP contribution in [0.1, 0.15) is 35.8 Å². The second-order valence-corrected chi connectivity index (χ2v) is 7.00. The molecule has 2 atom stereocenters. The van der Waals surface area contributed by atoms with Crippen LogP contribution in [0.5, 0.6) is 0 Å². The van der Waals surface area contributed by atoms with Gasteiger partial charge in [-0.15, -0.1) is 0 Å². The van der Waals surface area contributed by atoms with Gasteiger partial charge in [0.15, 0.2) is 0 Å². The maximum atomic E-state index is 12.9. The van der Waals surface area contributed by atoms with Gasteiger partial charge in [0.25, 0.3) is 5.91 Å². The molecule has 1 amide bonds. The lowest BCUT2D eigenvalue weighted by atomic mass is 9.92. The summed E-state index contributed by atoms with van der Waals surface area (Å²) in [5.41, 5.74) is 8.29. The Morgan fingerprint density at radius 2 is 2.08 bits per heavy atom. The summed E-state index contributed by atoms with van der Waals surface area (Å²) in [6, 6.07) is 7.51. The van der Waals surface area contributed by atoms with E-state index in [9.17, 15) is 4.79 Å². The van der Waals surface area contributed by atoms with Crippen molar-refractivity contribution >= 4 is 17.5 Å². The molecule has 1 aromatic heterocycles. The van der Waals surface area contributed by atoms with Crippen LogP contribution < -0.4 is 5.73 Å². The van der Waals surface area contributed by atoms with Gasteiger partial charge in [-0.2, -0.15) is 5.10 Å². The SMILES string of the molecule is Cc1nn(-c2ccc(Cl)cc2)cc1C(=O)N1CCC[C@H]([C@@H](C)N)C1. The van der Waals surface area contributed by atoms with E-state index in [-0.39, 0.29) is 11.9 Å². The molecule has 2 N–H and O–H groups in total. The van der Waals surface area contributed by atoms with E-state index in [1.807, 2.05) is 43.0 Å². The highest BCUT2D eigenvalue weighted by Crippen LogP contribution is 2.22. The fraction of sp³-hybridized carbons (Fsp3) is 0.444. The number of hydrogen-bond donors (Lipinski definition) is 1. The molecule has 24 heavy (non-hydrogen) atoms. The van der Waals surface area contributed by atoms with Gasteiger partial charge in [0.1, 0.15) is 0 Å². The highest BCUT2D eigenvalue weighted by Gasteiger charge is 2.28. The minimum absolute atomic E-state index is 0.0399. The van der Waals surface area contributed by atoms with Gasteiger partial charge in [-0.25, -0.2) is 4.68 Å². The molecule has 2 heterocycles. The van der Waals surface area contributed by atoms with Crippen molar-refractivity contribution in [1.82, 2.24) is 14.7 Å². The molecule has 6 heteroatoms. The Bertz CT molecular complexity index is 723. The molecule has 0 spiro atoms. The summed E-state index contributed by atoms with van der Waals surface area (Å²) >= 11 is 5.93. The number of rotatable bonds is 3. The zero-order valence-corrected chi connectivity index (χ0v) is 14.8. The van der Waals surface area contributed by atoms with E-state index in [0.29, 0.717) is 16.5 Å². The highest BCUT2D eigenvalue weighted by atomic mass is 35.5. The molecule has 1 aliphatic heterocycles. The maximum absolute atomic E-state index is 12.9. The van der Waals surface area contributed by atoms with Crippen LogP contribution >= 0.6 is 11.6 Å². The number of nitrogens with two attached hydrogens (primary N) is 1.